The third-order valence-electron chi connectivity index (χ3n) is 14.3. The van der Waals surface area contributed by atoms with E-state index in [1.54, 1.807) is 0 Å². The first-order valence-electron chi connectivity index (χ1n) is 23.4. The molecular weight excluding hydrogens is 841 g/mol. The second-order valence-corrected chi connectivity index (χ2v) is 17.9. The van der Waals surface area contributed by atoms with E-state index in [2.05, 4.69) is 244 Å². The van der Waals surface area contributed by atoms with Crippen molar-refractivity contribution in [1.82, 2.24) is 28.7 Å². The van der Waals surface area contributed by atoms with Gasteiger partial charge in [0.15, 0.2) is 11.6 Å². The van der Waals surface area contributed by atoms with Crippen molar-refractivity contribution in [1.29, 1.82) is 0 Å². The van der Waals surface area contributed by atoms with Crippen LogP contribution in [0.5, 0.6) is 0 Å². The van der Waals surface area contributed by atoms with Gasteiger partial charge in [0, 0.05) is 54.5 Å². The third kappa shape index (κ3) is 5.51. The Balaban J connectivity index is 0.981. The molecule has 15 rings (SSSR count). The van der Waals surface area contributed by atoms with Gasteiger partial charge in [-0.25, -0.2) is 4.98 Å². The summed E-state index contributed by atoms with van der Waals surface area (Å²) in [4.78, 5) is 16.1. The van der Waals surface area contributed by atoms with Gasteiger partial charge in [0.1, 0.15) is 0 Å². The Labute approximate surface area is 395 Å². The van der Waals surface area contributed by atoms with Crippen molar-refractivity contribution in [3.8, 4) is 40.1 Å². The molecule has 6 heteroatoms. The number of para-hydroxylation sites is 3. The van der Waals surface area contributed by atoms with Gasteiger partial charge in [-0.3, -0.25) is 4.57 Å². The van der Waals surface area contributed by atoms with Crippen molar-refractivity contribution in [2.75, 3.05) is 0 Å². The number of nitrogens with zero attached hydrogens (tertiary/aromatic N) is 6. The topological polar surface area (TPSA) is 53.5 Å². The molecule has 0 fully saturated rings. The fraction of sp³-hybridized carbons (Fsp3) is 0. The Morgan fingerprint density at radius 1 is 0.261 bits per heavy atom. The van der Waals surface area contributed by atoms with Crippen LogP contribution in [0.15, 0.2) is 231 Å². The molecule has 0 aliphatic rings. The molecule has 0 bridgehead atoms. The Morgan fingerprint density at radius 3 is 1.29 bits per heavy atom. The van der Waals surface area contributed by atoms with Crippen molar-refractivity contribution in [2.24, 2.45) is 0 Å². The predicted octanol–water partition coefficient (Wildman–Crippen LogP) is 16.0. The average molecular weight is 879 g/mol. The third-order valence-corrected chi connectivity index (χ3v) is 14.3. The molecule has 6 nitrogen and oxygen atoms in total. The van der Waals surface area contributed by atoms with Gasteiger partial charge >= 0.3 is 0 Å². The number of rotatable bonds is 5. The molecule has 0 atom stereocenters. The van der Waals surface area contributed by atoms with Crippen molar-refractivity contribution in [3.05, 3.63) is 231 Å². The van der Waals surface area contributed by atoms with Crippen molar-refractivity contribution >= 4 is 97.7 Å². The largest absolute Gasteiger partial charge is 0.309 e. The van der Waals surface area contributed by atoms with Gasteiger partial charge in [0.05, 0.1) is 38.8 Å². The van der Waals surface area contributed by atoms with Crippen LogP contribution in [-0.2, 0) is 0 Å². The van der Waals surface area contributed by atoms with Gasteiger partial charge < -0.3 is 9.13 Å². The second kappa shape index (κ2) is 14.6. The number of benzene rings is 11. The van der Waals surface area contributed by atoms with Crippen LogP contribution < -0.4 is 0 Å². The standard InChI is InChI=1S/C63H38N6/c1-4-22-43-39(16-1)19-13-28-47(43)61-64-62(48-29-14-20-40-17-2-5-23-44(40)48)66-63(65-61)69-53-30-10-7-25-46(53)51-38-42(34-35-56(51)69)67-54-31-11-8-26-49(54)59-57(67)36-37-58-60(59)50-27-9-12-32-55(50)68(58)52-33-15-21-41-18-3-6-24-45(41)52/h1-38H. The van der Waals surface area contributed by atoms with Crippen LogP contribution in [0.25, 0.3) is 138 Å². The summed E-state index contributed by atoms with van der Waals surface area (Å²) in [6.45, 7) is 0. The van der Waals surface area contributed by atoms with Gasteiger partial charge in [-0.2, -0.15) is 9.97 Å². The lowest BCUT2D eigenvalue weighted by molar-refractivity contribution is 0.955. The van der Waals surface area contributed by atoms with E-state index >= 15 is 0 Å². The summed E-state index contributed by atoms with van der Waals surface area (Å²) < 4.78 is 7.12. The lowest BCUT2D eigenvalue weighted by Crippen LogP contribution is -2.07. The van der Waals surface area contributed by atoms with Crippen LogP contribution in [0, 0.1) is 0 Å². The van der Waals surface area contributed by atoms with E-state index in [0.29, 0.717) is 17.6 Å². The van der Waals surface area contributed by atoms with Gasteiger partial charge in [0.2, 0.25) is 5.95 Å². The molecule has 0 unspecified atom stereocenters. The zero-order valence-electron chi connectivity index (χ0n) is 37.1. The van der Waals surface area contributed by atoms with Crippen molar-refractivity contribution < 1.29 is 0 Å². The van der Waals surface area contributed by atoms with Crippen LogP contribution in [0.2, 0.25) is 0 Å². The molecule has 320 valence electrons. The molecule has 0 radical (unpaired) electrons. The Morgan fingerprint density at radius 2 is 0.681 bits per heavy atom. The summed E-state index contributed by atoms with van der Waals surface area (Å²) in [5.41, 5.74) is 10.9. The highest BCUT2D eigenvalue weighted by atomic mass is 15.2. The lowest BCUT2D eigenvalue weighted by Gasteiger charge is -2.13. The van der Waals surface area contributed by atoms with E-state index in [1.807, 2.05) is 0 Å². The van der Waals surface area contributed by atoms with Crippen molar-refractivity contribution in [3.63, 3.8) is 0 Å². The summed E-state index contributed by atoms with van der Waals surface area (Å²) in [5, 5.41) is 14.1. The van der Waals surface area contributed by atoms with Gasteiger partial charge in [-0.05, 0) is 81.5 Å². The van der Waals surface area contributed by atoms with E-state index in [1.165, 1.54) is 49.0 Å². The highest BCUT2D eigenvalue weighted by molar-refractivity contribution is 6.29. The first-order valence-corrected chi connectivity index (χ1v) is 23.4. The average Bonchev–Trinajstić information content (AvgIpc) is 4.05. The minimum atomic E-state index is 0.566. The summed E-state index contributed by atoms with van der Waals surface area (Å²) >= 11 is 0. The fourth-order valence-electron chi connectivity index (χ4n) is 11.3. The molecule has 0 N–H and O–H groups in total. The van der Waals surface area contributed by atoms with E-state index in [-0.39, 0.29) is 0 Å². The Hall–Kier alpha value is -9.39. The Kier molecular flexibility index (Phi) is 7.97. The molecule has 15 aromatic rings. The summed E-state index contributed by atoms with van der Waals surface area (Å²) in [7, 11) is 0. The molecule has 69 heavy (non-hydrogen) atoms. The van der Waals surface area contributed by atoms with Crippen LogP contribution in [0.3, 0.4) is 0 Å². The molecule has 11 aromatic carbocycles. The molecule has 4 heterocycles. The van der Waals surface area contributed by atoms with Gasteiger partial charge in [0.25, 0.3) is 0 Å². The minimum absolute atomic E-state index is 0.566. The van der Waals surface area contributed by atoms with Crippen LogP contribution in [0.4, 0.5) is 0 Å². The zero-order valence-corrected chi connectivity index (χ0v) is 37.1. The first kappa shape index (κ1) is 37.8. The summed E-state index contributed by atoms with van der Waals surface area (Å²) in [5.74, 6) is 1.82. The fourth-order valence-corrected chi connectivity index (χ4v) is 11.3. The number of aromatic nitrogens is 6. The molecule has 0 spiro atoms. The van der Waals surface area contributed by atoms with Crippen molar-refractivity contribution in [2.45, 2.75) is 0 Å². The summed E-state index contributed by atoms with van der Waals surface area (Å²) in [6, 6.07) is 82.7. The summed E-state index contributed by atoms with van der Waals surface area (Å²) in [6.07, 6.45) is 0. The quantitative estimate of drug-likeness (QED) is 0.173. The molecule has 0 amide bonds. The number of hydrogen-bond acceptors (Lipinski definition) is 3. The molecule has 4 aromatic heterocycles. The Bertz CT molecular complexity index is 4510. The van der Waals surface area contributed by atoms with E-state index < -0.39 is 0 Å². The van der Waals surface area contributed by atoms with Crippen LogP contribution >= 0.6 is 0 Å². The maximum Gasteiger partial charge on any atom is 0.238 e. The normalized spacial score (nSPS) is 12.1. The minimum Gasteiger partial charge on any atom is -0.309 e. The zero-order chi connectivity index (χ0) is 45.2. The van der Waals surface area contributed by atoms with Crippen LogP contribution in [0.1, 0.15) is 0 Å². The highest BCUT2D eigenvalue weighted by Crippen LogP contribution is 2.44. The first-order chi connectivity index (χ1) is 34.2. The van der Waals surface area contributed by atoms with Gasteiger partial charge in [-0.15, -0.1) is 0 Å². The molecule has 0 aliphatic heterocycles. The molecular formula is C63H38N6. The monoisotopic (exact) mass is 878 g/mol. The molecule has 0 saturated heterocycles. The smallest absolute Gasteiger partial charge is 0.238 e. The maximum atomic E-state index is 5.38. The van der Waals surface area contributed by atoms with E-state index in [0.717, 1.165) is 71.2 Å². The van der Waals surface area contributed by atoms with Crippen LogP contribution in [-0.4, -0.2) is 28.7 Å². The maximum absolute atomic E-state index is 5.38. The van der Waals surface area contributed by atoms with E-state index in [9.17, 15) is 0 Å². The van der Waals surface area contributed by atoms with E-state index in [4.69, 9.17) is 15.0 Å². The highest BCUT2D eigenvalue weighted by Gasteiger charge is 2.24. The second-order valence-electron chi connectivity index (χ2n) is 17.9. The lowest BCUT2D eigenvalue weighted by atomic mass is 10.0. The molecule has 0 saturated carbocycles. The number of hydrogen-bond donors (Lipinski definition) is 0. The molecule has 0 aliphatic carbocycles. The number of fused-ring (bicyclic) bond motifs is 13. The SMILES string of the molecule is c1ccc2c(-c3nc(-c4cccc5ccccc45)nc(-n4c5ccccc5c5cc(-n6c7ccccc7c7c8c9ccccc9n(-c9cccc%10ccccc9%10)c8ccc76)ccc54)n3)cccc2c1. The predicted molar refractivity (Wildman–Crippen MR) is 286 cm³/mol. The van der Waals surface area contributed by atoms with Gasteiger partial charge in [-0.1, -0.05) is 176 Å².